The molecular formula is C15H17FN4O. The highest BCUT2D eigenvalue weighted by molar-refractivity contribution is 5.79. The summed E-state index contributed by atoms with van der Waals surface area (Å²) in [7, 11) is 0. The SMILES string of the molecule is Fc1ccc2c(c1)-c1[nH]c(N3CCOCC3)nc1CCN2. The number of aromatic nitrogens is 2. The smallest absolute Gasteiger partial charge is 0.203 e. The summed E-state index contributed by atoms with van der Waals surface area (Å²) in [6.45, 7) is 3.91. The molecule has 0 bridgehead atoms. The molecule has 21 heavy (non-hydrogen) atoms. The second-order valence-electron chi connectivity index (χ2n) is 5.35. The van der Waals surface area contributed by atoms with Crippen LogP contribution in [-0.2, 0) is 11.2 Å². The van der Waals surface area contributed by atoms with Crippen molar-refractivity contribution >= 4 is 11.6 Å². The van der Waals surface area contributed by atoms with Gasteiger partial charge in [-0.05, 0) is 18.2 Å². The third-order valence-corrected chi connectivity index (χ3v) is 4.01. The monoisotopic (exact) mass is 288 g/mol. The van der Waals surface area contributed by atoms with Gasteiger partial charge in [0.1, 0.15) is 5.82 Å². The summed E-state index contributed by atoms with van der Waals surface area (Å²) < 4.78 is 19.0. The molecule has 6 heteroatoms. The fourth-order valence-electron chi connectivity index (χ4n) is 2.92. The largest absolute Gasteiger partial charge is 0.384 e. The van der Waals surface area contributed by atoms with Gasteiger partial charge < -0.3 is 19.9 Å². The maximum absolute atomic E-state index is 13.6. The molecule has 0 spiro atoms. The number of H-pyrrole nitrogens is 1. The average molecular weight is 288 g/mol. The highest BCUT2D eigenvalue weighted by Gasteiger charge is 2.22. The van der Waals surface area contributed by atoms with Crippen LogP contribution in [0, 0.1) is 5.82 Å². The lowest BCUT2D eigenvalue weighted by molar-refractivity contribution is 0.122. The number of imidazole rings is 1. The number of hydrogen-bond acceptors (Lipinski definition) is 4. The molecule has 0 saturated carbocycles. The fraction of sp³-hybridized carbons (Fsp3) is 0.400. The number of hydrogen-bond donors (Lipinski definition) is 2. The molecule has 110 valence electrons. The molecule has 2 aliphatic heterocycles. The number of fused-ring (bicyclic) bond motifs is 3. The van der Waals surface area contributed by atoms with Crippen LogP contribution in [0.3, 0.4) is 0 Å². The number of nitrogens with zero attached hydrogens (tertiary/aromatic N) is 2. The number of halogens is 1. The minimum atomic E-state index is -0.231. The van der Waals surface area contributed by atoms with E-state index in [-0.39, 0.29) is 5.82 Å². The fourth-order valence-corrected chi connectivity index (χ4v) is 2.92. The van der Waals surface area contributed by atoms with E-state index in [1.807, 2.05) is 0 Å². The highest BCUT2D eigenvalue weighted by atomic mass is 19.1. The number of morpholine rings is 1. The number of ether oxygens (including phenoxy) is 1. The van der Waals surface area contributed by atoms with E-state index >= 15 is 0 Å². The quantitative estimate of drug-likeness (QED) is 0.843. The van der Waals surface area contributed by atoms with Gasteiger partial charge in [-0.25, -0.2) is 9.37 Å². The van der Waals surface area contributed by atoms with Crippen LogP contribution < -0.4 is 10.2 Å². The Bertz CT molecular complexity index is 664. The Morgan fingerprint density at radius 1 is 1.24 bits per heavy atom. The van der Waals surface area contributed by atoms with E-state index in [4.69, 9.17) is 9.72 Å². The predicted octanol–water partition coefficient (Wildman–Crippen LogP) is 2.02. The van der Waals surface area contributed by atoms with Crippen molar-refractivity contribution in [3.8, 4) is 11.3 Å². The van der Waals surface area contributed by atoms with Gasteiger partial charge in [-0.3, -0.25) is 0 Å². The summed E-state index contributed by atoms with van der Waals surface area (Å²) >= 11 is 0. The van der Waals surface area contributed by atoms with Gasteiger partial charge in [-0.2, -0.15) is 0 Å². The maximum Gasteiger partial charge on any atom is 0.203 e. The van der Waals surface area contributed by atoms with Crippen LogP contribution in [0.5, 0.6) is 0 Å². The Balaban J connectivity index is 1.77. The predicted molar refractivity (Wildman–Crippen MR) is 79.2 cm³/mol. The van der Waals surface area contributed by atoms with Gasteiger partial charge in [-0.1, -0.05) is 0 Å². The molecular weight excluding hydrogens is 271 g/mol. The van der Waals surface area contributed by atoms with Crippen LogP contribution >= 0.6 is 0 Å². The molecule has 1 aromatic carbocycles. The Labute approximate surface area is 122 Å². The van der Waals surface area contributed by atoms with Crippen molar-refractivity contribution < 1.29 is 9.13 Å². The molecule has 1 fully saturated rings. The summed E-state index contributed by atoms with van der Waals surface area (Å²) in [5.74, 6) is 0.631. The Morgan fingerprint density at radius 2 is 2.10 bits per heavy atom. The Morgan fingerprint density at radius 3 is 2.95 bits per heavy atom. The van der Waals surface area contributed by atoms with Gasteiger partial charge in [0.15, 0.2) is 0 Å². The first-order valence-corrected chi connectivity index (χ1v) is 7.26. The topological polar surface area (TPSA) is 53.2 Å². The molecule has 1 aromatic heterocycles. The molecule has 2 aliphatic rings. The molecule has 5 nitrogen and oxygen atoms in total. The van der Waals surface area contributed by atoms with E-state index in [9.17, 15) is 4.39 Å². The normalized spacial score (nSPS) is 17.7. The Kier molecular flexibility index (Phi) is 3.03. The summed E-state index contributed by atoms with van der Waals surface area (Å²) in [5, 5.41) is 3.32. The van der Waals surface area contributed by atoms with Crippen molar-refractivity contribution in [3.63, 3.8) is 0 Å². The summed E-state index contributed by atoms with van der Waals surface area (Å²) in [4.78, 5) is 10.3. The van der Waals surface area contributed by atoms with E-state index in [1.165, 1.54) is 6.07 Å². The van der Waals surface area contributed by atoms with Crippen LogP contribution in [0.25, 0.3) is 11.3 Å². The molecule has 0 amide bonds. The first kappa shape index (κ1) is 12.6. The van der Waals surface area contributed by atoms with Gasteiger partial charge in [0, 0.05) is 37.3 Å². The third kappa shape index (κ3) is 2.25. The molecule has 4 rings (SSSR count). The second-order valence-corrected chi connectivity index (χ2v) is 5.35. The van der Waals surface area contributed by atoms with Gasteiger partial charge in [0.25, 0.3) is 0 Å². The first-order chi connectivity index (χ1) is 10.3. The van der Waals surface area contributed by atoms with Crippen molar-refractivity contribution in [2.75, 3.05) is 43.1 Å². The van der Waals surface area contributed by atoms with Gasteiger partial charge >= 0.3 is 0 Å². The first-order valence-electron chi connectivity index (χ1n) is 7.26. The summed E-state index contributed by atoms with van der Waals surface area (Å²) in [6, 6.07) is 4.83. The van der Waals surface area contributed by atoms with Crippen molar-refractivity contribution in [2.45, 2.75) is 6.42 Å². The standard InChI is InChI=1S/C15H17FN4O/c16-10-1-2-12-11(9-10)14-13(3-4-17-12)18-15(19-14)20-5-7-21-8-6-20/h1-2,9,17H,3-8H2,(H,18,19). The van der Waals surface area contributed by atoms with Crippen molar-refractivity contribution in [3.05, 3.63) is 29.7 Å². The molecule has 0 unspecified atom stereocenters. The molecule has 0 aliphatic carbocycles. The molecule has 2 N–H and O–H groups in total. The highest BCUT2D eigenvalue weighted by Crippen LogP contribution is 2.34. The number of anilines is 2. The van der Waals surface area contributed by atoms with Gasteiger partial charge in [0.2, 0.25) is 5.95 Å². The van der Waals surface area contributed by atoms with Crippen LogP contribution in [0.15, 0.2) is 18.2 Å². The van der Waals surface area contributed by atoms with Crippen molar-refractivity contribution in [1.29, 1.82) is 0 Å². The lowest BCUT2D eigenvalue weighted by atomic mass is 10.1. The van der Waals surface area contributed by atoms with Gasteiger partial charge in [-0.15, -0.1) is 0 Å². The zero-order valence-electron chi connectivity index (χ0n) is 11.7. The number of aromatic amines is 1. The van der Waals surface area contributed by atoms with Crippen LogP contribution in [-0.4, -0.2) is 42.8 Å². The zero-order valence-corrected chi connectivity index (χ0v) is 11.7. The summed E-state index contributed by atoms with van der Waals surface area (Å²) in [5.41, 5.74) is 3.73. The third-order valence-electron chi connectivity index (χ3n) is 4.01. The second kappa shape index (κ2) is 5.04. The van der Waals surface area contributed by atoms with E-state index in [2.05, 4.69) is 15.2 Å². The minimum Gasteiger partial charge on any atom is -0.384 e. The maximum atomic E-state index is 13.6. The molecule has 0 radical (unpaired) electrons. The number of rotatable bonds is 1. The van der Waals surface area contributed by atoms with Crippen LogP contribution in [0.1, 0.15) is 5.69 Å². The molecule has 1 saturated heterocycles. The van der Waals surface area contributed by atoms with Gasteiger partial charge in [0.05, 0.1) is 24.6 Å². The van der Waals surface area contributed by atoms with Crippen LogP contribution in [0.4, 0.5) is 16.0 Å². The van der Waals surface area contributed by atoms with E-state index < -0.39 is 0 Å². The van der Waals surface area contributed by atoms with Crippen LogP contribution in [0.2, 0.25) is 0 Å². The lowest BCUT2D eigenvalue weighted by Crippen LogP contribution is -2.36. The lowest BCUT2D eigenvalue weighted by Gasteiger charge is -2.26. The van der Waals surface area contributed by atoms with Crippen molar-refractivity contribution in [2.24, 2.45) is 0 Å². The minimum absolute atomic E-state index is 0.231. The molecule has 3 heterocycles. The molecule has 2 aromatic rings. The molecule has 0 atom stereocenters. The Hall–Kier alpha value is -2.08. The van der Waals surface area contributed by atoms with Crippen molar-refractivity contribution in [1.82, 2.24) is 9.97 Å². The van der Waals surface area contributed by atoms with E-state index in [0.29, 0.717) is 0 Å². The zero-order chi connectivity index (χ0) is 14.2. The number of benzene rings is 1. The van der Waals surface area contributed by atoms with E-state index in [0.717, 1.165) is 67.9 Å². The summed E-state index contributed by atoms with van der Waals surface area (Å²) in [6.07, 6.45) is 0.826. The number of nitrogens with one attached hydrogen (secondary N) is 2. The average Bonchev–Trinajstić information content (AvgIpc) is 2.87. The van der Waals surface area contributed by atoms with E-state index in [1.54, 1.807) is 12.1 Å².